The average Bonchev–Trinajstić information content (AvgIpc) is 2.99. The van der Waals surface area contributed by atoms with E-state index >= 15 is 0 Å². The summed E-state index contributed by atoms with van der Waals surface area (Å²) in [6, 6.07) is 14.8. The first kappa shape index (κ1) is 31.0. The van der Waals surface area contributed by atoms with Crippen molar-refractivity contribution in [2.75, 3.05) is 27.4 Å². The maximum Gasteiger partial charge on any atom is 0.344 e. The molecule has 0 N–H and O–H groups in total. The van der Waals surface area contributed by atoms with Gasteiger partial charge in [-0.2, -0.15) is 9.78 Å². The highest BCUT2D eigenvalue weighted by Crippen LogP contribution is 2.35. The number of fused-ring (bicyclic) bond motifs is 1. The Kier molecular flexibility index (Phi) is 9.98. The number of ether oxygens (including phenoxy) is 4. The van der Waals surface area contributed by atoms with Crippen molar-refractivity contribution in [1.29, 1.82) is 0 Å². The first-order chi connectivity index (χ1) is 20.7. The zero-order valence-corrected chi connectivity index (χ0v) is 25.5. The summed E-state index contributed by atoms with van der Waals surface area (Å²) < 4.78 is 23.3. The summed E-state index contributed by atoms with van der Waals surface area (Å²) in [6.07, 6.45) is 3.75. The van der Waals surface area contributed by atoms with E-state index in [2.05, 4.69) is 25.5 Å². The molecule has 0 aliphatic heterocycles. The Morgan fingerprint density at radius 2 is 1.84 bits per heavy atom. The molecule has 0 radical (unpaired) electrons. The van der Waals surface area contributed by atoms with Gasteiger partial charge in [-0.05, 0) is 79.3 Å². The van der Waals surface area contributed by atoms with E-state index < -0.39 is 5.97 Å². The summed E-state index contributed by atoms with van der Waals surface area (Å²) in [4.78, 5) is 30.7. The molecule has 9 nitrogen and oxygen atoms in total. The van der Waals surface area contributed by atoms with E-state index in [-0.39, 0.29) is 24.7 Å². The summed E-state index contributed by atoms with van der Waals surface area (Å²) in [5, 5.41) is 5.10. The van der Waals surface area contributed by atoms with Crippen LogP contribution in [0, 0.1) is 6.92 Å². The first-order valence-electron chi connectivity index (χ1n) is 14.1. The van der Waals surface area contributed by atoms with Crippen LogP contribution < -0.4 is 19.8 Å². The number of nitrogens with zero attached hydrogens (tertiary/aromatic N) is 3. The topological polar surface area (TPSA) is 101 Å². The predicted molar refractivity (Wildman–Crippen MR) is 169 cm³/mol. The van der Waals surface area contributed by atoms with Gasteiger partial charge in [-0.15, -0.1) is 6.58 Å². The molecule has 0 amide bonds. The molecule has 9 heteroatoms. The lowest BCUT2D eigenvalue weighted by molar-refractivity contribution is -0.145. The third kappa shape index (κ3) is 6.77. The van der Waals surface area contributed by atoms with Crippen LogP contribution in [0.25, 0.3) is 22.3 Å². The average molecular weight is 584 g/mol. The van der Waals surface area contributed by atoms with Crippen molar-refractivity contribution < 1.29 is 23.7 Å². The van der Waals surface area contributed by atoms with Crippen LogP contribution in [0.4, 0.5) is 0 Å². The summed E-state index contributed by atoms with van der Waals surface area (Å²) in [5.74, 6) is 1.70. The van der Waals surface area contributed by atoms with Gasteiger partial charge in [-0.25, -0.2) is 9.78 Å². The van der Waals surface area contributed by atoms with E-state index in [4.69, 9.17) is 23.9 Å². The fourth-order valence-electron chi connectivity index (χ4n) is 4.81. The quantitative estimate of drug-likeness (QED) is 0.113. The third-order valence-corrected chi connectivity index (χ3v) is 6.89. The minimum absolute atomic E-state index is 0.179. The molecule has 43 heavy (non-hydrogen) atoms. The van der Waals surface area contributed by atoms with Gasteiger partial charge < -0.3 is 18.9 Å². The molecule has 0 saturated carbocycles. The van der Waals surface area contributed by atoms with Gasteiger partial charge in [-0.3, -0.25) is 4.79 Å². The number of carbonyl (C=O) groups excluding carboxylic acids is 1. The summed E-state index contributed by atoms with van der Waals surface area (Å²) in [5.41, 5.74) is 4.33. The first-order valence-corrected chi connectivity index (χ1v) is 14.1. The van der Waals surface area contributed by atoms with E-state index in [0.29, 0.717) is 40.2 Å². The molecule has 4 aromatic rings. The van der Waals surface area contributed by atoms with Crippen molar-refractivity contribution in [2.45, 2.75) is 40.0 Å². The normalized spacial score (nSPS) is 11.2. The number of para-hydroxylation sites is 1. The Morgan fingerprint density at radius 1 is 1.09 bits per heavy atom. The second-order valence-electron chi connectivity index (χ2n) is 10.2. The lowest BCUT2D eigenvalue weighted by atomic mass is 9.96. The van der Waals surface area contributed by atoms with Gasteiger partial charge in [0.2, 0.25) is 0 Å². The van der Waals surface area contributed by atoms with Crippen LogP contribution >= 0.6 is 0 Å². The molecule has 1 heterocycles. The fourth-order valence-corrected chi connectivity index (χ4v) is 4.81. The molecular formula is C34H37N3O6. The zero-order chi connectivity index (χ0) is 31.1. The largest absolute Gasteiger partial charge is 0.496 e. The molecule has 4 rings (SSSR count). The Balaban J connectivity index is 1.88. The number of hydrogen-bond donors (Lipinski definition) is 0. The minimum Gasteiger partial charge on any atom is -0.496 e. The number of aryl methyl sites for hydroxylation is 1. The standard InChI is InChI=1S/C34H37N3O6/c1-8-12-24-16-23(17-30(41-7)32(24)43-20-31(38)42-9-2)19-35-37-33(36-28-14-11-10-13-25(28)34(37)39)27-18-26(21(3)4)29(40-6)15-22(27)5/h8,10-11,13-19,21H,1,9,12,20H2,2-7H3. The Bertz CT molecular complexity index is 1740. The van der Waals surface area contributed by atoms with Crippen LogP contribution in [0.5, 0.6) is 17.2 Å². The monoisotopic (exact) mass is 583 g/mol. The lowest BCUT2D eigenvalue weighted by Crippen LogP contribution is -2.21. The van der Waals surface area contributed by atoms with Crippen LogP contribution in [0.15, 0.2) is 71.1 Å². The molecule has 0 spiro atoms. The van der Waals surface area contributed by atoms with Gasteiger partial charge >= 0.3 is 5.97 Å². The van der Waals surface area contributed by atoms with Gasteiger partial charge in [-0.1, -0.05) is 32.1 Å². The molecule has 0 atom stereocenters. The molecule has 224 valence electrons. The smallest absolute Gasteiger partial charge is 0.344 e. The Hall–Kier alpha value is -4.92. The fraction of sp³-hybridized carbons (Fsp3) is 0.294. The Morgan fingerprint density at radius 3 is 2.51 bits per heavy atom. The van der Waals surface area contributed by atoms with Crippen LogP contribution in [0.3, 0.4) is 0 Å². The van der Waals surface area contributed by atoms with E-state index in [9.17, 15) is 9.59 Å². The van der Waals surface area contributed by atoms with Crippen molar-refractivity contribution >= 4 is 23.1 Å². The maximum absolute atomic E-state index is 13.8. The molecule has 0 aliphatic carbocycles. The van der Waals surface area contributed by atoms with Gasteiger partial charge in [0.25, 0.3) is 5.56 Å². The van der Waals surface area contributed by atoms with E-state index in [1.807, 2.05) is 37.3 Å². The molecule has 0 bridgehead atoms. The summed E-state index contributed by atoms with van der Waals surface area (Å²) >= 11 is 0. The number of hydrogen-bond acceptors (Lipinski definition) is 8. The SMILES string of the molecule is C=CCc1cc(C=Nn2c(-c3cc(C(C)C)c(OC)cc3C)nc3ccccc3c2=O)cc(OC)c1OCC(=O)OCC. The van der Waals surface area contributed by atoms with Gasteiger partial charge in [0, 0.05) is 11.1 Å². The lowest BCUT2D eigenvalue weighted by Gasteiger charge is -2.17. The summed E-state index contributed by atoms with van der Waals surface area (Å²) in [7, 11) is 3.16. The van der Waals surface area contributed by atoms with Gasteiger partial charge in [0.1, 0.15) is 5.75 Å². The van der Waals surface area contributed by atoms with Crippen molar-refractivity contribution in [3.8, 4) is 28.6 Å². The highest BCUT2D eigenvalue weighted by molar-refractivity contribution is 5.84. The molecule has 0 fully saturated rings. The van der Waals surface area contributed by atoms with Crippen molar-refractivity contribution in [2.24, 2.45) is 5.10 Å². The van der Waals surface area contributed by atoms with Crippen molar-refractivity contribution in [1.82, 2.24) is 9.66 Å². The van der Waals surface area contributed by atoms with E-state index in [0.717, 1.165) is 28.0 Å². The minimum atomic E-state index is -0.482. The van der Waals surface area contributed by atoms with Crippen LogP contribution in [0.1, 0.15) is 48.9 Å². The highest BCUT2D eigenvalue weighted by atomic mass is 16.6. The number of allylic oxidation sites excluding steroid dienone is 1. The molecule has 3 aromatic carbocycles. The van der Waals surface area contributed by atoms with Crippen LogP contribution in [-0.4, -0.2) is 49.3 Å². The highest BCUT2D eigenvalue weighted by Gasteiger charge is 2.19. The van der Waals surface area contributed by atoms with Crippen molar-refractivity contribution in [3.05, 3.63) is 93.8 Å². The van der Waals surface area contributed by atoms with Gasteiger partial charge in [0.05, 0.1) is 37.9 Å². The number of benzene rings is 3. The second kappa shape index (κ2) is 13.8. The van der Waals surface area contributed by atoms with Crippen molar-refractivity contribution in [3.63, 3.8) is 0 Å². The van der Waals surface area contributed by atoms with E-state index in [1.54, 1.807) is 44.5 Å². The zero-order valence-electron chi connectivity index (χ0n) is 25.5. The molecule has 0 saturated heterocycles. The molecule has 1 aromatic heterocycles. The maximum atomic E-state index is 13.8. The van der Waals surface area contributed by atoms with E-state index in [1.165, 1.54) is 11.8 Å². The number of rotatable bonds is 12. The number of carbonyl (C=O) groups is 1. The summed E-state index contributed by atoms with van der Waals surface area (Å²) in [6.45, 7) is 11.7. The molecular weight excluding hydrogens is 546 g/mol. The van der Waals surface area contributed by atoms with Crippen LogP contribution in [0.2, 0.25) is 0 Å². The van der Waals surface area contributed by atoms with Gasteiger partial charge in [0.15, 0.2) is 23.9 Å². The Labute approximate surface area is 251 Å². The number of methoxy groups -OCH3 is 2. The number of aromatic nitrogens is 2. The molecule has 0 aliphatic rings. The second-order valence-corrected chi connectivity index (χ2v) is 10.2. The predicted octanol–water partition coefficient (Wildman–Crippen LogP) is 6.07. The third-order valence-electron chi connectivity index (χ3n) is 6.89. The molecule has 0 unspecified atom stereocenters. The number of esters is 1. The van der Waals surface area contributed by atoms with Crippen LogP contribution in [-0.2, 0) is 16.0 Å².